The number of carbonyl (C=O) groups is 2. The molecular formula is C21H27N3O3. The third kappa shape index (κ3) is 4.76. The quantitative estimate of drug-likeness (QED) is 0.795. The Morgan fingerprint density at radius 3 is 2.56 bits per heavy atom. The molecule has 144 valence electrons. The zero-order valence-electron chi connectivity index (χ0n) is 16.2. The summed E-state index contributed by atoms with van der Waals surface area (Å²) < 4.78 is 5.14. The van der Waals surface area contributed by atoms with Crippen LogP contribution in [0, 0.1) is 26.7 Å². The van der Waals surface area contributed by atoms with Crippen molar-refractivity contribution in [3.05, 3.63) is 40.8 Å². The highest BCUT2D eigenvalue weighted by Gasteiger charge is 2.22. The minimum Gasteiger partial charge on any atom is -0.361 e. The van der Waals surface area contributed by atoms with E-state index >= 15 is 0 Å². The van der Waals surface area contributed by atoms with Crippen molar-refractivity contribution >= 4 is 23.2 Å². The molecule has 1 saturated carbocycles. The summed E-state index contributed by atoms with van der Waals surface area (Å²) in [6, 6.07) is 5.62. The summed E-state index contributed by atoms with van der Waals surface area (Å²) in [5, 5.41) is 9.85. The molecule has 0 atom stereocenters. The van der Waals surface area contributed by atoms with E-state index in [0.29, 0.717) is 12.8 Å². The number of hydrogen-bond acceptors (Lipinski definition) is 4. The molecule has 0 spiro atoms. The first-order valence-electron chi connectivity index (χ1n) is 9.57. The zero-order valence-corrected chi connectivity index (χ0v) is 16.2. The number of carbonyl (C=O) groups excluding carboxylic acids is 2. The second kappa shape index (κ2) is 8.37. The number of nitrogens with zero attached hydrogens (tertiary/aromatic N) is 1. The molecule has 3 rings (SSSR count). The summed E-state index contributed by atoms with van der Waals surface area (Å²) in [7, 11) is 0. The van der Waals surface area contributed by atoms with Gasteiger partial charge in [0.15, 0.2) is 0 Å². The van der Waals surface area contributed by atoms with Crippen LogP contribution in [0.3, 0.4) is 0 Å². The van der Waals surface area contributed by atoms with Crippen molar-refractivity contribution in [2.24, 2.45) is 5.92 Å². The summed E-state index contributed by atoms with van der Waals surface area (Å²) in [5.74, 6) is 0.872. The molecule has 6 heteroatoms. The molecule has 0 radical (unpaired) electrons. The van der Waals surface area contributed by atoms with Gasteiger partial charge in [0.25, 0.3) is 0 Å². The predicted molar refractivity (Wildman–Crippen MR) is 105 cm³/mol. The Balaban J connectivity index is 1.60. The normalized spacial score (nSPS) is 14.3. The van der Waals surface area contributed by atoms with Gasteiger partial charge in [0.1, 0.15) is 5.76 Å². The minimum atomic E-state index is -0.0719. The van der Waals surface area contributed by atoms with Crippen LogP contribution < -0.4 is 10.6 Å². The van der Waals surface area contributed by atoms with Gasteiger partial charge in [-0.15, -0.1) is 0 Å². The van der Waals surface area contributed by atoms with E-state index in [4.69, 9.17) is 4.52 Å². The number of rotatable bonds is 6. The van der Waals surface area contributed by atoms with E-state index in [2.05, 4.69) is 15.8 Å². The van der Waals surface area contributed by atoms with Crippen LogP contribution in [-0.2, 0) is 16.0 Å². The van der Waals surface area contributed by atoms with Crippen LogP contribution in [0.4, 0.5) is 11.4 Å². The standard InChI is InChI=1S/C21H27N3O3/c1-13-8-9-17(22-21(26)16-6-4-5-7-16)12-19(13)23-20(25)11-10-18-14(2)24-27-15(18)3/h8-9,12,16H,4-7,10-11H2,1-3H3,(H,22,26)(H,23,25). The maximum atomic E-state index is 12.4. The molecule has 1 aliphatic rings. The lowest BCUT2D eigenvalue weighted by molar-refractivity contribution is -0.119. The third-order valence-electron chi connectivity index (χ3n) is 5.29. The monoisotopic (exact) mass is 369 g/mol. The van der Waals surface area contributed by atoms with Crippen LogP contribution in [-0.4, -0.2) is 17.0 Å². The molecule has 6 nitrogen and oxygen atoms in total. The fraction of sp³-hybridized carbons (Fsp3) is 0.476. The number of amides is 2. The van der Waals surface area contributed by atoms with E-state index in [-0.39, 0.29) is 17.7 Å². The van der Waals surface area contributed by atoms with Crippen molar-refractivity contribution in [3.8, 4) is 0 Å². The van der Waals surface area contributed by atoms with Crippen LogP contribution in [0.5, 0.6) is 0 Å². The molecule has 1 aromatic heterocycles. The van der Waals surface area contributed by atoms with Crippen molar-refractivity contribution < 1.29 is 14.1 Å². The van der Waals surface area contributed by atoms with Gasteiger partial charge >= 0.3 is 0 Å². The second-order valence-corrected chi connectivity index (χ2v) is 7.35. The van der Waals surface area contributed by atoms with Crippen LogP contribution >= 0.6 is 0 Å². The fourth-order valence-electron chi connectivity index (χ4n) is 3.58. The van der Waals surface area contributed by atoms with Gasteiger partial charge in [-0.2, -0.15) is 0 Å². The predicted octanol–water partition coefficient (Wildman–Crippen LogP) is 4.30. The number of anilines is 2. The van der Waals surface area contributed by atoms with E-state index in [0.717, 1.165) is 59.6 Å². The van der Waals surface area contributed by atoms with Crippen molar-refractivity contribution in [2.45, 2.75) is 59.3 Å². The largest absolute Gasteiger partial charge is 0.361 e. The number of aryl methyl sites for hydroxylation is 3. The average molecular weight is 369 g/mol. The maximum absolute atomic E-state index is 12.4. The highest BCUT2D eigenvalue weighted by atomic mass is 16.5. The molecule has 2 amide bonds. The lowest BCUT2D eigenvalue weighted by Crippen LogP contribution is -2.20. The van der Waals surface area contributed by atoms with Crippen LogP contribution in [0.1, 0.15) is 54.7 Å². The van der Waals surface area contributed by atoms with Gasteiger partial charge in [0.2, 0.25) is 11.8 Å². The fourth-order valence-corrected chi connectivity index (χ4v) is 3.58. The molecule has 1 aromatic carbocycles. The zero-order chi connectivity index (χ0) is 19.4. The van der Waals surface area contributed by atoms with E-state index in [1.54, 1.807) is 0 Å². The molecule has 0 bridgehead atoms. The lowest BCUT2D eigenvalue weighted by Gasteiger charge is -2.14. The van der Waals surface area contributed by atoms with E-state index in [9.17, 15) is 9.59 Å². The van der Waals surface area contributed by atoms with Crippen LogP contribution in [0.15, 0.2) is 22.7 Å². The van der Waals surface area contributed by atoms with Gasteiger partial charge in [-0.1, -0.05) is 24.1 Å². The summed E-state index contributed by atoms with van der Waals surface area (Å²) in [4.78, 5) is 24.7. The van der Waals surface area contributed by atoms with E-state index in [1.807, 2.05) is 39.0 Å². The summed E-state index contributed by atoms with van der Waals surface area (Å²) in [6.07, 6.45) is 5.11. The Hall–Kier alpha value is -2.63. The SMILES string of the molecule is Cc1ccc(NC(=O)C2CCCC2)cc1NC(=O)CCc1c(C)noc1C. The highest BCUT2D eigenvalue weighted by molar-refractivity contribution is 5.95. The van der Waals surface area contributed by atoms with Gasteiger partial charge in [0, 0.05) is 29.3 Å². The molecule has 0 unspecified atom stereocenters. The Morgan fingerprint density at radius 2 is 1.89 bits per heavy atom. The Bertz CT molecular complexity index is 816. The second-order valence-electron chi connectivity index (χ2n) is 7.35. The molecule has 1 fully saturated rings. The van der Waals surface area contributed by atoms with Gasteiger partial charge in [-0.3, -0.25) is 9.59 Å². The maximum Gasteiger partial charge on any atom is 0.227 e. The lowest BCUT2D eigenvalue weighted by atomic mass is 10.1. The molecule has 0 aliphatic heterocycles. The molecule has 2 N–H and O–H groups in total. The third-order valence-corrected chi connectivity index (χ3v) is 5.29. The first-order chi connectivity index (χ1) is 12.9. The number of aromatic nitrogens is 1. The molecule has 27 heavy (non-hydrogen) atoms. The van der Waals surface area contributed by atoms with Crippen molar-refractivity contribution in [1.82, 2.24) is 5.16 Å². The molecule has 1 heterocycles. The minimum absolute atomic E-state index is 0.0719. The molecule has 2 aromatic rings. The van der Waals surface area contributed by atoms with Crippen LogP contribution in [0.2, 0.25) is 0 Å². The van der Waals surface area contributed by atoms with E-state index < -0.39 is 0 Å². The van der Waals surface area contributed by atoms with Gasteiger partial charge < -0.3 is 15.2 Å². The molecule has 1 aliphatic carbocycles. The molecule has 0 saturated heterocycles. The first kappa shape index (κ1) is 19.1. The number of benzene rings is 1. The smallest absolute Gasteiger partial charge is 0.227 e. The Morgan fingerprint density at radius 1 is 1.15 bits per heavy atom. The Kier molecular flexibility index (Phi) is 5.94. The topological polar surface area (TPSA) is 84.2 Å². The van der Waals surface area contributed by atoms with Gasteiger partial charge in [-0.25, -0.2) is 0 Å². The average Bonchev–Trinajstić information content (AvgIpc) is 3.27. The van der Waals surface area contributed by atoms with Gasteiger partial charge in [0.05, 0.1) is 5.69 Å². The number of hydrogen-bond donors (Lipinski definition) is 2. The summed E-state index contributed by atoms with van der Waals surface area (Å²) in [5.41, 5.74) is 4.22. The van der Waals surface area contributed by atoms with Crippen molar-refractivity contribution in [1.29, 1.82) is 0 Å². The Labute approximate surface area is 159 Å². The summed E-state index contributed by atoms with van der Waals surface area (Å²) in [6.45, 7) is 5.67. The van der Waals surface area contributed by atoms with Crippen molar-refractivity contribution in [2.75, 3.05) is 10.6 Å². The van der Waals surface area contributed by atoms with Crippen LogP contribution in [0.25, 0.3) is 0 Å². The number of nitrogens with one attached hydrogen (secondary N) is 2. The first-order valence-corrected chi connectivity index (χ1v) is 9.57. The van der Waals surface area contributed by atoms with Gasteiger partial charge in [-0.05, 0) is 57.7 Å². The van der Waals surface area contributed by atoms with Crippen molar-refractivity contribution in [3.63, 3.8) is 0 Å². The molecular weight excluding hydrogens is 342 g/mol. The highest BCUT2D eigenvalue weighted by Crippen LogP contribution is 2.27. The van der Waals surface area contributed by atoms with E-state index in [1.165, 1.54) is 0 Å². The summed E-state index contributed by atoms with van der Waals surface area (Å²) >= 11 is 0.